The van der Waals surface area contributed by atoms with Crippen LogP contribution in [-0.4, -0.2) is 81.1 Å². The Bertz CT molecular complexity index is 776. The van der Waals surface area contributed by atoms with Gasteiger partial charge in [-0.15, -0.1) is 0 Å². The summed E-state index contributed by atoms with van der Waals surface area (Å²) in [5.74, 6) is -4.72. The number of nitrogens with zero attached hydrogens (tertiary/aromatic N) is 1. The third-order valence-corrected chi connectivity index (χ3v) is 4.42. The molecule has 0 spiro atoms. The van der Waals surface area contributed by atoms with Crippen LogP contribution in [0.4, 0.5) is 0 Å². The molecule has 164 valence electrons. The number of aliphatic carboxylic acids is 2. The summed E-state index contributed by atoms with van der Waals surface area (Å²) >= 11 is 0. The topological polar surface area (TPSA) is 203 Å². The van der Waals surface area contributed by atoms with E-state index < -0.39 is 60.8 Å². The number of nitrogens with one attached hydrogen (secondary N) is 5. The number of aromatic amines is 1. The lowest BCUT2D eigenvalue weighted by Gasteiger charge is -2.19. The highest BCUT2D eigenvalue weighted by atomic mass is 16.4. The zero-order valence-corrected chi connectivity index (χ0v) is 16.0. The summed E-state index contributed by atoms with van der Waals surface area (Å²) in [5, 5.41) is 28.0. The average Bonchev–Trinajstić information content (AvgIpc) is 3.38. The van der Waals surface area contributed by atoms with Crippen LogP contribution < -0.4 is 21.3 Å². The molecular weight excluding hydrogens is 400 g/mol. The minimum atomic E-state index is -1.37. The standard InChI is InChI=1S/C17H24N6O7/c24-13(22-12(17(29)30)4-9-6-18-8-21-9)7-20-15(27)11(5-14(25)26)23-16(28)10-2-1-3-19-10/h6,8,10-12,19H,1-5,7H2,(H,18,21)(H,20,27)(H,22,24)(H,23,28)(H,25,26)(H,29,30). The Labute approximate surface area is 171 Å². The van der Waals surface area contributed by atoms with E-state index in [1.165, 1.54) is 12.5 Å². The minimum absolute atomic E-state index is 0.0406. The molecular formula is C17H24N6O7. The number of aromatic nitrogens is 2. The van der Waals surface area contributed by atoms with Gasteiger partial charge in [-0.2, -0.15) is 0 Å². The smallest absolute Gasteiger partial charge is 0.326 e. The van der Waals surface area contributed by atoms with E-state index >= 15 is 0 Å². The Kier molecular flexibility index (Phi) is 8.29. The molecule has 0 aromatic carbocycles. The van der Waals surface area contributed by atoms with Crippen LogP contribution >= 0.6 is 0 Å². The van der Waals surface area contributed by atoms with Gasteiger partial charge >= 0.3 is 11.9 Å². The third-order valence-electron chi connectivity index (χ3n) is 4.42. The maximum Gasteiger partial charge on any atom is 0.326 e. The average molecular weight is 424 g/mol. The summed E-state index contributed by atoms with van der Waals surface area (Å²) in [6, 6.07) is -3.13. The fraction of sp³-hybridized carbons (Fsp3) is 0.529. The molecule has 0 saturated carbocycles. The number of amides is 3. The molecule has 2 heterocycles. The number of hydrogen-bond acceptors (Lipinski definition) is 7. The summed E-state index contributed by atoms with van der Waals surface area (Å²) in [6.45, 7) is 0.0661. The first-order valence-electron chi connectivity index (χ1n) is 9.29. The molecule has 2 rings (SSSR count). The van der Waals surface area contributed by atoms with Crippen LogP contribution in [0.15, 0.2) is 12.5 Å². The van der Waals surface area contributed by atoms with Crippen LogP contribution in [0.25, 0.3) is 0 Å². The van der Waals surface area contributed by atoms with E-state index in [0.717, 1.165) is 6.42 Å². The second-order valence-corrected chi connectivity index (χ2v) is 6.77. The number of carbonyl (C=O) groups is 5. The molecule has 3 amide bonds. The minimum Gasteiger partial charge on any atom is -0.481 e. The molecule has 1 aliphatic heterocycles. The van der Waals surface area contributed by atoms with Crippen LogP contribution in [0.3, 0.4) is 0 Å². The van der Waals surface area contributed by atoms with Gasteiger partial charge in [-0.25, -0.2) is 9.78 Å². The van der Waals surface area contributed by atoms with E-state index in [1.807, 2.05) is 0 Å². The zero-order valence-electron chi connectivity index (χ0n) is 16.0. The first kappa shape index (κ1) is 22.8. The van der Waals surface area contributed by atoms with E-state index in [1.54, 1.807) is 0 Å². The lowest BCUT2D eigenvalue weighted by atomic mass is 10.1. The summed E-state index contributed by atoms with van der Waals surface area (Å²) < 4.78 is 0. The van der Waals surface area contributed by atoms with Crippen molar-refractivity contribution in [2.24, 2.45) is 0 Å². The van der Waals surface area contributed by atoms with Crippen molar-refractivity contribution in [3.05, 3.63) is 18.2 Å². The van der Waals surface area contributed by atoms with Gasteiger partial charge in [0.05, 0.1) is 25.3 Å². The Balaban J connectivity index is 1.87. The third kappa shape index (κ3) is 7.16. The molecule has 30 heavy (non-hydrogen) atoms. The number of carbonyl (C=O) groups excluding carboxylic acids is 3. The van der Waals surface area contributed by atoms with Gasteiger partial charge in [0.2, 0.25) is 17.7 Å². The zero-order chi connectivity index (χ0) is 22.1. The van der Waals surface area contributed by atoms with Crippen molar-refractivity contribution in [1.82, 2.24) is 31.2 Å². The van der Waals surface area contributed by atoms with Crippen molar-refractivity contribution >= 4 is 29.7 Å². The Morgan fingerprint density at radius 1 is 1.17 bits per heavy atom. The second kappa shape index (κ2) is 10.9. The number of imidazole rings is 1. The second-order valence-electron chi connectivity index (χ2n) is 6.77. The predicted octanol–water partition coefficient (Wildman–Crippen LogP) is -2.65. The van der Waals surface area contributed by atoms with Gasteiger partial charge in [0.15, 0.2) is 0 Å². The Morgan fingerprint density at radius 2 is 1.93 bits per heavy atom. The highest BCUT2D eigenvalue weighted by Crippen LogP contribution is 2.06. The highest BCUT2D eigenvalue weighted by Gasteiger charge is 2.29. The molecule has 13 heteroatoms. The normalized spacial score (nSPS) is 17.5. The van der Waals surface area contributed by atoms with Crippen molar-refractivity contribution in [1.29, 1.82) is 0 Å². The fourth-order valence-electron chi connectivity index (χ4n) is 2.92. The van der Waals surface area contributed by atoms with Crippen LogP contribution in [0.5, 0.6) is 0 Å². The first-order chi connectivity index (χ1) is 14.3. The lowest BCUT2D eigenvalue weighted by Crippen LogP contribution is -2.54. The molecule has 0 bridgehead atoms. The monoisotopic (exact) mass is 424 g/mol. The van der Waals surface area contributed by atoms with Crippen molar-refractivity contribution < 1.29 is 34.2 Å². The SMILES string of the molecule is O=C(O)CC(NC(=O)C1CCCN1)C(=O)NCC(=O)NC(Cc1cnc[nH]1)C(=O)O. The van der Waals surface area contributed by atoms with E-state index in [4.69, 9.17) is 5.11 Å². The van der Waals surface area contributed by atoms with Crippen LogP contribution in [0, 0.1) is 0 Å². The van der Waals surface area contributed by atoms with E-state index in [9.17, 15) is 29.1 Å². The maximum atomic E-state index is 12.3. The number of carboxylic acid groups (broad SMARTS) is 2. The van der Waals surface area contributed by atoms with Crippen LogP contribution in [0.2, 0.25) is 0 Å². The summed E-state index contributed by atoms with van der Waals surface area (Å²) in [4.78, 5) is 65.3. The van der Waals surface area contributed by atoms with E-state index in [-0.39, 0.29) is 6.42 Å². The fourth-order valence-corrected chi connectivity index (χ4v) is 2.92. The molecule has 3 unspecified atom stereocenters. The number of H-pyrrole nitrogens is 1. The van der Waals surface area contributed by atoms with Crippen molar-refractivity contribution in [3.8, 4) is 0 Å². The molecule has 3 atom stereocenters. The molecule has 7 N–H and O–H groups in total. The van der Waals surface area contributed by atoms with Gasteiger partial charge in [0.1, 0.15) is 12.1 Å². The number of rotatable bonds is 11. The lowest BCUT2D eigenvalue weighted by molar-refractivity contribution is -0.142. The summed E-state index contributed by atoms with van der Waals surface area (Å²) in [7, 11) is 0. The number of carboxylic acids is 2. The largest absolute Gasteiger partial charge is 0.481 e. The quantitative estimate of drug-likeness (QED) is 0.198. The Hall–Kier alpha value is -3.48. The number of hydrogen-bond donors (Lipinski definition) is 7. The highest BCUT2D eigenvalue weighted by molar-refractivity contribution is 5.94. The van der Waals surface area contributed by atoms with Crippen molar-refractivity contribution in [2.45, 2.75) is 43.8 Å². The van der Waals surface area contributed by atoms with Gasteiger partial charge in [0, 0.05) is 18.3 Å². The molecule has 0 aliphatic carbocycles. The summed E-state index contributed by atoms with van der Waals surface area (Å²) in [6.07, 6.45) is 3.45. The van der Waals surface area contributed by atoms with Crippen LogP contribution in [-0.2, 0) is 30.4 Å². The first-order valence-corrected chi connectivity index (χ1v) is 9.29. The Morgan fingerprint density at radius 3 is 2.50 bits per heavy atom. The van der Waals surface area contributed by atoms with Gasteiger partial charge in [-0.05, 0) is 19.4 Å². The van der Waals surface area contributed by atoms with Crippen molar-refractivity contribution in [3.63, 3.8) is 0 Å². The molecule has 1 aliphatic rings. The molecule has 1 fully saturated rings. The van der Waals surface area contributed by atoms with Gasteiger partial charge < -0.3 is 36.5 Å². The van der Waals surface area contributed by atoms with Crippen LogP contribution in [0.1, 0.15) is 25.0 Å². The van der Waals surface area contributed by atoms with Crippen molar-refractivity contribution in [2.75, 3.05) is 13.1 Å². The molecule has 1 aromatic heterocycles. The molecule has 1 aromatic rings. The van der Waals surface area contributed by atoms with Gasteiger partial charge in [-0.3, -0.25) is 19.2 Å². The van der Waals surface area contributed by atoms with E-state index in [0.29, 0.717) is 18.7 Å². The van der Waals surface area contributed by atoms with Gasteiger partial charge in [0.25, 0.3) is 0 Å². The molecule has 1 saturated heterocycles. The molecule has 13 nitrogen and oxygen atoms in total. The predicted molar refractivity (Wildman–Crippen MR) is 100 cm³/mol. The maximum absolute atomic E-state index is 12.3. The van der Waals surface area contributed by atoms with Gasteiger partial charge in [-0.1, -0.05) is 0 Å². The van der Waals surface area contributed by atoms with E-state index in [2.05, 4.69) is 31.2 Å². The molecule has 0 radical (unpaired) electrons. The summed E-state index contributed by atoms with van der Waals surface area (Å²) in [5.41, 5.74) is 0.497.